The van der Waals surface area contributed by atoms with Crippen molar-refractivity contribution in [1.82, 2.24) is 10.9 Å². The molecular weight excluding hydrogens is 339 g/mol. The molecule has 2 N–H and O–H groups in total. The molecule has 3 aromatic rings. The number of ether oxygens (including phenoxy) is 1. The van der Waals surface area contributed by atoms with Gasteiger partial charge in [0, 0.05) is 10.9 Å². The van der Waals surface area contributed by atoms with E-state index in [1.165, 1.54) is 25.1 Å². The quantitative estimate of drug-likeness (QED) is 0.704. The molecule has 1 heterocycles. The first-order valence-electron chi connectivity index (χ1n) is 7.97. The Hall–Kier alpha value is -3.35. The number of hydrogen-bond acceptors (Lipinski definition) is 4. The van der Waals surface area contributed by atoms with Crippen LogP contribution in [0.4, 0.5) is 4.39 Å². The van der Waals surface area contributed by atoms with E-state index in [9.17, 15) is 14.0 Å². The first-order valence-corrected chi connectivity index (χ1v) is 7.97. The molecule has 0 bridgehead atoms. The zero-order valence-electron chi connectivity index (χ0n) is 14.2. The number of carbonyl (C=O) groups is 2. The van der Waals surface area contributed by atoms with Crippen LogP contribution in [-0.2, 0) is 4.79 Å². The Kier molecular flexibility index (Phi) is 4.88. The van der Waals surface area contributed by atoms with Gasteiger partial charge in [0.25, 0.3) is 5.91 Å². The summed E-state index contributed by atoms with van der Waals surface area (Å²) < 4.78 is 24.3. The predicted molar refractivity (Wildman–Crippen MR) is 93.0 cm³/mol. The van der Waals surface area contributed by atoms with Gasteiger partial charge in [-0.3, -0.25) is 20.4 Å². The van der Waals surface area contributed by atoms with Crippen LogP contribution in [0.2, 0.25) is 0 Å². The van der Waals surface area contributed by atoms with Crippen LogP contribution in [0, 0.1) is 12.7 Å². The molecule has 1 unspecified atom stereocenters. The lowest BCUT2D eigenvalue weighted by molar-refractivity contribution is -0.128. The number of halogens is 1. The zero-order valence-corrected chi connectivity index (χ0v) is 14.2. The first kappa shape index (κ1) is 17.5. The second kappa shape index (κ2) is 7.26. The number of benzene rings is 2. The average Bonchev–Trinajstić information content (AvgIpc) is 2.98. The summed E-state index contributed by atoms with van der Waals surface area (Å²) in [6.07, 6.45) is -1.01. The van der Waals surface area contributed by atoms with E-state index in [4.69, 9.17) is 9.15 Å². The van der Waals surface area contributed by atoms with Crippen molar-refractivity contribution in [3.63, 3.8) is 0 Å². The molecule has 0 spiro atoms. The standard InChI is InChI=1S/C19H17FN2O4/c1-11-13-7-3-5-9-15(13)26-17(11)19(24)22-21-18(23)12(2)25-16-10-6-4-8-14(16)20/h3-10,12H,1-2H3,(H,21,23)(H,22,24). The molecule has 0 radical (unpaired) electrons. The summed E-state index contributed by atoms with van der Waals surface area (Å²) >= 11 is 0. The number of amides is 2. The summed E-state index contributed by atoms with van der Waals surface area (Å²) in [6.45, 7) is 3.20. The van der Waals surface area contributed by atoms with E-state index in [1.807, 2.05) is 12.1 Å². The molecule has 2 aromatic carbocycles. The maximum atomic E-state index is 13.6. The lowest BCUT2D eigenvalue weighted by Gasteiger charge is -2.15. The van der Waals surface area contributed by atoms with Gasteiger partial charge in [-0.05, 0) is 32.0 Å². The van der Waals surface area contributed by atoms with Gasteiger partial charge in [0.05, 0.1) is 0 Å². The van der Waals surface area contributed by atoms with Crippen LogP contribution in [0.5, 0.6) is 5.75 Å². The third-order valence-electron chi connectivity index (χ3n) is 3.86. The molecular formula is C19H17FN2O4. The number of para-hydroxylation sites is 2. The number of fused-ring (bicyclic) bond motifs is 1. The van der Waals surface area contributed by atoms with Gasteiger partial charge in [-0.2, -0.15) is 0 Å². The van der Waals surface area contributed by atoms with Gasteiger partial charge in [0.15, 0.2) is 23.4 Å². The number of hydrazine groups is 1. The fourth-order valence-electron chi connectivity index (χ4n) is 2.45. The minimum Gasteiger partial charge on any atom is -0.478 e. The summed E-state index contributed by atoms with van der Waals surface area (Å²) in [6, 6.07) is 13.0. The molecule has 2 amide bonds. The van der Waals surface area contributed by atoms with E-state index in [1.54, 1.807) is 25.1 Å². The highest BCUT2D eigenvalue weighted by atomic mass is 19.1. The van der Waals surface area contributed by atoms with Crippen molar-refractivity contribution >= 4 is 22.8 Å². The summed E-state index contributed by atoms with van der Waals surface area (Å²) in [5.74, 6) is -1.74. The fraction of sp³-hybridized carbons (Fsp3) is 0.158. The number of furan rings is 1. The highest BCUT2D eigenvalue weighted by Crippen LogP contribution is 2.24. The summed E-state index contributed by atoms with van der Waals surface area (Å²) in [5, 5.41) is 0.820. The van der Waals surface area contributed by atoms with Crippen molar-refractivity contribution in [2.75, 3.05) is 0 Å². The van der Waals surface area contributed by atoms with Crippen LogP contribution in [-0.4, -0.2) is 17.9 Å². The molecule has 0 saturated carbocycles. The Balaban J connectivity index is 1.62. The topological polar surface area (TPSA) is 80.6 Å². The number of rotatable bonds is 4. The van der Waals surface area contributed by atoms with Crippen LogP contribution < -0.4 is 15.6 Å². The number of aryl methyl sites for hydroxylation is 1. The van der Waals surface area contributed by atoms with Crippen molar-refractivity contribution in [3.05, 3.63) is 65.7 Å². The lowest BCUT2D eigenvalue weighted by Crippen LogP contribution is -2.47. The van der Waals surface area contributed by atoms with E-state index in [2.05, 4.69) is 10.9 Å². The smallest absolute Gasteiger partial charge is 0.305 e. The second-order valence-electron chi connectivity index (χ2n) is 5.69. The third kappa shape index (κ3) is 3.51. The summed E-state index contributed by atoms with van der Waals surface area (Å²) in [4.78, 5) is 24.3. The highest BCUT2D eigenvalue weighted by molar-refractivity contribution is 5.99. The molecule has 1 atom stereocenters. The lowest BCUT2D eigenvalue weighted by atomic mass is 10.1. The molecule has 0 aliphatic heterocycles. The SMILES string of the molecule is Cc1c(C(=O)NNC(=O)C(C)Oc2ccccc2F)oc2ccccc12. The van der Waals surface area contributed by atoms with Gasteiger partial charge in [0.2, 0.25) is 0 Å². The number of nitrogens with one attached hydrogen (secondary N) is 2. The van der Waals surface area contributed by atoms with Gasteiger partial charge in [-0.25, -0.2) is 4.39 Å². The van der Waals surface area contributed by atoms with Crippen molar-refractivity contribution < 1.29 is 23.1 Å². The van der Waals surface area contributed by atoms with E-state index in [0.717, 1.165) is 5.39 Å². The molecule has 7 heteroatoms. The average molecular weight is 356 g/mol. The van der Waals surface area contributed by atoms with E-state index in [-0.39, 0.29) is 11.5 Å². The minimum atomic E-state index is -1.01. The number of carbonyl (C=O) groups excluding carboxylic acids is 2. The largest absolute Gasteiger partial charge is 0.478 e. The molecule has 134 valence electrons. The van der Waals surface area contributed by atoms with Crippen molar-refractivity contribution in [2.24, 2.45) is 0 Å². The maximum Gasteiger partial charge on any atom is 0.305 e. The molecule has 3 rings (SSSR count). The predicted octanol–water partition coefficient (Wildman–Crippen LogP) is 3.11. The normalized spacial score (nSPS) is 11.8. The monoisotopic (exact) mass is 356 g/mol. The van der Waals surface area contributed by atoms with E-state index < -0.39 is 23.7 Å². The van der Waals surface area contributed by atoms with Crippen LogP contribution in [0.15, 0.2) is 52.9 Å². The van der Waals surface area contributed by atoms with Gasteiger partial charge in [-0.15, -0.1) is 0 Å². The molecule has 0 saturated heterocycles. The summed E-state index contributed by atoms with van der Waals surface area (Å²) in [7, 11) is 0. The van der Waals surface area contributed by atoms with Crippen LogP contribution in [0.1, 0.15) is 23.0 Å². The van der Waals surface area contributed by atoms with E-state index in [0.29, 0.717) is 11.1 Å². The molecule has 6 nitrogen and oxygen atoms in total. The first-order chi connectivity index (χ1) is 12.5. The van der Waals surface area contributed by atoms with Crippen LogP contribution in [0.25, 0.3) is 11.0 Å². The molecule has 1 aromatic heterocycles. The Bertz CT molecular complexity index is 967. The maximum absolute atomic E-state index is 13.6. The highest BCUT2D eigenvalue weighted by Gasteiger charge is 2.20. The number of hydrogen-bond donors (Lipinski definition) is 2. The molecule has 0 fully saturated rings. The van der Waals surface area contributed by atoms with Gasteiger partial charge in [-0.1, -0.05) is 30.3 Å². The molecule has 0 aliphatic carbocycles. The van der Waals surface area contributed by atoms with Gasteiger partial charge in [0.1, 0.15) is 5.58 Å². The van der Waals surface area contributed by atoms with Crippen LogP contribution in [0.3, 0.4) is 0 Å². The molecule has 0 aliphatic rings. The van der Waals surface area contributed by atoms with Gasteiger partial charge < -0.3 is 9.15 Å². The Morgan fingerprint density at radius 2 is 1.77 bits per heavy atom. The van der Waals surface area contributed by atoms with Crippen molar-refractivity contribution in [1.29, 1.82) is 0 Å². The van der Waals surface area contributed by atoms with Crippen molar-refractivity contribution in [3.8, 4) is 5.75 Å². The van der Waals surface area contributed by atoms with Gasteiger partial charge >= 0.3 is 5.91 Å². The zero-order chi connectivity index (χ0) is 18.7. The summed E-state index contributed by atoms with van der Waals surface area (Å²) in [5.41, 5.74) is 5.77. The Labute approximate surface area is 148 Å². The van der Waals surface area contributed by atoms with Crippen molar-refractivity contribution in [2.45, 2.75) is 20.0 Å². The van der Waals surface area contributed by atoms with Crippen LogP contribution >= 0.6 is 0 Å². The second-order valence-corrected chi connectivity index (χ2v) is 5.69. The Morgan fingerprint density at radius 3 is 2.50 bits per heavy atom. The Morgan fingerprint density at radius 1 is 1.08 bits per heavy atom. The minimum absolute atomic E-state index is 0.0467. The molecule has 26 heavy (non-hydrogen) atoms. The van der Waals surface area contributed by atoms with E-state index >= 15 is 0 Å². The third-order valence-corrected chi connectivity index (χ3v) is 3.86. The fourth-order valence-corrected chi connectivity index (χ4v) is 2.45.